The van der Waals surface area contributed by atoms with Gasteiger partial charge in [-0.2, -0.15) is 10.2 Å². The molecule has 8 nitrogen and oxygen atoms in total. The van der Waals surface area contributed by atoms with Crippen molar-refractivity contribution in [2.45, 2.75) is 26.2 Å². The van der Waals surface area contributed by atoms with Crippen LogP contribution >= 0.6 is 0 Å². The first-order valence-electron chi connectivity index (χ1n) is 8.70. The van der Waals surface area contributed by atoms with Gasteiger partial charge in [-0.25, -0.2) is 0 Å². The lowest BCUT2D eigenvalue weighted by molar-refractivity contribution is -0.116. The molecule has 0 aliphatic carbocycles. The molecule has 0 spiro atoms. The van der Waals surface area contributed by atoms with Crippen LogP contribution in [0.3, 0.4) is 0 Å². The topological polar surface area (TPSA) is 116 Å². The minimum absolute atomic E-state index is 0.143. The zero-order chi connectivity index (χ0) is 19.1. The fraction of sp³-hybridized carbons (Fsp3) is 0.263. The number of amides is 2. The Morgan fingerprint density at radius 3 is 2.85 bits per heavy atom. The Labute approximate surface area is 155 Å². The summed E-state index contributed by atoms with van der Waals surface area (Å²) in [6.07, 6.45) is 1.94. The normalized spacial score (nSPS) is 16.0. The van der Waals surface area contributed by atoms with Gasteiger partial charge in [0.05, 0.1) is 11.9 Å². The van der Waals surface area contributed by atoms with Crippen molar-refractivity contribution in [1.82, 2.24) is 25.7 Å². The molecule has 3 heterocycles. The third-order valence-corrected chi connectivity index (χ3v) is 4.96. The first kappa shape index (κ1) is 17.0. The Bertz CT molecular complexity index is 1050. The average Bonchev–Trinajstić information content (AvgIpc) is 3.29. The highest BCUT2D eigenvalue weighted by molar-refractivity contribution is 6.00. The number of nitrogens with zero attached hydrogens (tertiary/aromatic N) is 2. The van der Waals surface area contributed by atoms with Crippen molar-refractivity contribution in [1.29, 1.82) is 0 Å². The highest BCUT2D eigenvalue weighted by atomic mass is 16.2. The smallest absolute Gasteiger partial charge is 0.269 e. The Morgan fingerprint density at radius 2 is 2.07 bits per heavy atom. The van der Waals surface area contributed by atoms with E-state index in [1.807, 2.05) is 13.8 Å². The third kappa shape index (κ3) is 2.79. The van der Waals surface area contributed by atoms with Crippen LogP contribution in [-0.4, -0.2) is 39.3 Å². The summed E-state index contributed by atoms with van der Waals surface area (Å²) >= 11 is 0. The van der Waals surface area contributed by atoms with E-state index in [4.69, 9.17) is 0 Å². The number of anilines is 1. The molecule has 27 heavy (non-hydrogen) atoms. The van der Waals surface area contributed by atoms with Crippen LogP contribution in [0.2, 0.25) is 0 Å². The summed E-state index contributed by atoms with van der Waals surface area (Å²) in [7, 11) is 1.56. The largest absolute Gasteiger partial charge is 0.354 e. The number of aromatic amines is 2. The molecule has 1 atom stereocenters. The lowest BCUT2D eigenvalue weighted by Crippen LogP contribution is -2.26. The highest BCUT2D eigenvalue weighted by Crippen LogP contribution is 2.41. The zero-order valence-electron chi connectivity index (χ0n) is 15.3. The fourth-order valence-electron chi connectivity index (χ4n) is 3.60. The van der Waals surface area contributed by atoms with Gasteiger partial charge >= 0.3 is 0 Å². The first-order valence-corrected chi connectivity index (χ1v) is 8.70. The Balaban J connectivity index is 1.88. The Kier molecular flexibility index (Phi) is 4.02. The van der Waals surface area contributed by atoms with Gasteiger partial charge in [0.1, 0.15) is 5.69 Å². The van der Waals surface area contributed by atoms with Crippen molar-refractivity contribution in [3.63, 3.8) is 0 Å². The molecule has 2 amide bonds. The number of hydrogen-bond acceptors (Lipinski definition) is 4. The predicted molar refractivity (Wildman–Crippen MR) is 101 cm³/mol. The van der Waals surface area contributed by atoms with Crippen LogP contribution in [0, 0.1) is 13.8 Å². The molecule has 1 aromatic carbocycles. The number of aromatic nitrogens is 4. The van der Waals surface area contributed by atoms with Crippen LogP contribution in [0.25, 0.3) is 11.3 Å². The maximum Gasteiger partial charge on any atom is 0.269 e. The van der Waals surface area contributed by atoms with Crippen LogP contribution in [0.1, 0.15) is 45.1 Å². The van der Waals surface area contributed by atoms with Gasteiger partial charge in [0.15, 0.2) is 5.82 Å². The third-order valence-electron chi connectivity index (χ3n) is 4.96. The van der Waals surface area contributed by atoms with E-state index in [-0.39, 0.29) is 24.2 Å². The van der Waals surface area contributed by atoms with Crippen molar-refractivity contribution >= 4 is 17.6 Å². The van der Waals surface area contributed by atoms with Gasteiger partial charge in [0.25, 0.3) is 5.91 Å². The van der Waals surface area contributed by atoms with Gasteiger partial charge in [0.2, 0.25) is 5.91 Å². The van der Waals surface area contributed by atoms with Gasteiger partial charge in [-0.1, -0.05) is 17.7 Å². The van der Waals surface area contributed by atoms with Gasteiger partial charge in [-0.3, -0.25) is 19.8 Å². The average molecular weight is 364 g/mol. The van der Waals surface area contributed by atoms with E-state index >= 15 is 0 Å². The summed E-state index contributed by atoms with van der Waals surface area (Å²) in [5.74, 6) is -0.353. The molecule has 1 aliphatic rings. The molecule has 8 heteroatoms. The standard InChI is InChI=1S/C19H20N6O2/c1-9-4-5-10(2)11(6-9)16-13(8-21-23-16)12-7-14(26)22-18-15(12)17(24-25-18)19(27)20-3/h4-6,8,12H,7H2,1-3H3,(H,20,27)(H,21,23)(H2,22,24,25,26). The van der Waals surface area contributed by atoms with Crippen LogP contribution in [0.15, 0.2) is 24.4 Å². The number of H-pyrrole nitrogens is 2. The summed E-state index contributed by atoms with van der Waals surface area (Å²) in [4.78, 5) is 24.5. The van der Waals surface area contributed by atoms with Gasteiger partial charge in [-0.05, 0) is 25.5 Å². The maximum atomic E-state index is 12.3. The van der Waals surface area contributed by atoms with E-state index in [2.05, 4.69) is 49.2 Å². The lowest BCUT2D eigenvalue weighted by atomic mass is 9.84. The van der Waals surface area contributed by atoms with E-state index in [9.17, 15) is 9.59 Å². The van der Waals surface area contributed by atoms with Crippen molar-refractivity contribution in [2.24, 2.45) is 0 Å². The molecule has 1 aliphatic heterocycles. The second kappa shape index (κ2) is 6.39. The van der Waals surface area contributed by atoms with E-state index in [1.54, 1.807) is 13.2 Å². The Morgan fingerprint density at radius 1 is 1.26 bits per heavy atom. The zero-order valence-corrected chi connectivity index (χ0v) is 15.3. The first-order chi connectivity index (χ1) is 13.0. The van der Waals surface area contributed by atoms with Gasteiger partial charge in [0, 0.05) is 36.1 Å². The molecule has 1 unspecified atom stereocenters. The van der Waals surface area contributed by atoms with E-state index in [0.29, 0.717) is 17.1 Å². The minimum Gasteiger partial charge on any atom is -0.354 e. The number of benzene rings is 1. The van der Waals surface area contributed by atoms with E-state index < -0.39 is 0 Å². The molecule has 4 N–H and O–H groups in total. The SMILES string of the molecule is CNC(=O)c1[nH]nc2c1C(c1cn[nH]c1-c1cc(C)ccc1C)CC(=O)N2. The number of hydrogen-bond donors (Lipinski definition) is 4. The monoisotopic (exact) mass is 364 g/mol. The number of nitrogens with one attached hydrogen (secondary N) is 4. The summed E-state index contributed by atoms with van der Waals surface area (Å²) < 4.78 is 0. The Hall–Kier alpha value is -3.42. The molecule has 138 valence electrons. The number of aryl methyl sites for hydroxylation is 2. The summed E-state index contributed by atoms with van der Waals surface area (Å²) in [5.41, 5.74) is 6.02. The number of rotatable bonds is 3. The molecule has 0 fully saturated rings. The lowest BCUT2D eigenvalue weighted by Gasteiger charge is -2.23. The van der Waals surface area contributed by atoms with Crippen LogP contribution < -0.4 is 10.6 Å². The van der Waals surface area contributed by atoms with Crippen LogP contribution in [-0.2, 0) is 4.79 Å². The van der Waals surface area contributed by atoms with Gasteiger partial charge in [-0.15, -0.1) is 0 Å². The minimum atomic E-state index is -0.325. The highest BCUT2D eigenvalue weighted by Gasteiger charge is 2.35. The van der Waals surface area contributed by atoms with Crippen LogP contribution in [0.4, 0.5) is 5.82 Å². The molecule has 0 saturated heterocycles. The summed E-state index contributed by atoms with van der Waals surface area (Å²) in [5, 5.41) is 19.5. The molecule has 0 saturated carbocycles. The van der Waals surface area contributed by atoms with Crippen LogP contribution in [0.5, 0.6) is 0 Å². The second-order valence-electron chi connectivity index (χ2n) is 6.76. The summed E-state index contributed by atoms with van der Waals surface area (Å²) in [6, 6.07) is 6.20. The molecule has 0 radical (unpaired) electrons. The molecular weight excluding hydrogens is 344 g/mol. The van der Waals surface area contributed by atoms with Crippen molar-refractivity contribution in [2.75, 3.05) is 12.4 Å². The molecule has 0 bridgehead atoms. The second-order valence-corrected chi connectivity index (χ2v) is 6.76. The molecule has 2 aromatic heterocycles. The number of fused-ring (bicyclic) bond motifs is 1. The van der Waals surface area contributed by atoms with E-state index in [1.165, 1.54) is 0 Å². The number of carbonyl (C=O) groups is 2. The number of carbonyl (C=O) groups excluding carboxylic acids is 2. The van der Waals surface area contributed by atoms with Crippen molar-refractivity contribution in [3.05, 3.63) is 52.3 Å². The molecule has 4 rings (SSSR count). The fourth-order valence-corrected chi connectivity index (χ4v) is 3.60. The molecular formula is C19H20N6O2. The van der Waals surface area contributed by atoms with E-state index in [0.717, 1.165) is 27.9 Å². The predicted octanol–water partition coefficient (Wildman–Crippen LogP) is 2.25. The maximum absolute atomic E-state index is 12.3. The van der Waals surface area contributed by atoms with Crippen molar-refractivity contribution < 1.29 is 9.59 Å². The van der Waals surface area contributed by atoms with Crippen molar-refractivity contribution in [3.8, 4) is 11.3 Å². The quantitative estimate of drug-likeness (QED) is 0.570. The summed E-state index contributed by atoms with van der Waals surface area (Å²) in [6.45, 7) is 4.07. The van der Waals surface area contributed by atoms with Gasteiger partial charge < -0.3 is 10.6 Å². The molecule has 3 aromatic rings.